The summed E-state index contributed by atoms with van der Waals surface area (Å²) >= 11 is 13.0. The first-order valence-corrected chi connectivity index (χ1v) is 18.5. The van der Waals surface area contributed by atoms with E-state index in [0.29, 0.717) is 13.4 Å². The molecule has 1 saturated heterocycles. The Labute approximate surface area is 254 Å². The molecule has 0 radical (unpaired) electrons. The van der Waals surface area contributed by atoms with Crippen molar-refractivity contribution in [3.63, 3.8) is 0 Å². The van der Waals surface area contributed by atoms with Crippen LogP contribution in [0.4, 0.5) is 11.4 Å². The summed E-state index contributed by atoms with van der Waals surface area (Å²) in [5.41, 5.74) is 0.186. The first-order chi connectivity index (χ1) is 17.6. The van der Waals surface area contributed by atoms with Crippen LogP contribution in [0.2, 0.25) is 0 Å². The van der Waals surface area contributed by atoms with Crippen LogP contribution in [-0.4, -0.2) is 54.0 Å². The average Bonchev–Trinajstić information content (AvgIpc) is 3.09. The van der Waals surface area contributed by atoms with Crippen LogP contribution in [0.5, 0.6) is 0 Å². The Kier molecular flexibility index (Phi) is 8.76. The minimum Gasteiger partial charge on any atom is -0.390 e. The fourth-order valence-electron chi connectivity index (χ4n) is 3.89. The number of sulfonamides is 2. The van der Waals surface area contributed by atoms with Gasteiger partial charge < -0.3 is 5.11 Å². The van der Waals surface area contributed by atoms with Gasteiger partial charge in [-0.2, -0.15) is 0 Å². The molecule has 0 unspecified atom stereocenters. The van der Waals surface area contributed by atoms with E-state index in [1.807, 2.05) is 0 Å². The second-order valence-corrected chi connectivity index (χ2v) is 17.4. The van der Waals surface area contributed by atoms with E-state index in [1.165, 1.54) is 42.5 Å². The van der Waals surface area contributed by atoms with E-state index in [4.69, 9.17) is 0 Å². The summed E-state index contributed by atoms with van der Waals surface area (Å²) in [6, 6.07) is 13.3. The van der Waals surface area contributed by atoms with Gasteiger partial charge in [-0.15, -0.1) is 0 Å². The van der Waals surface area contributed by atoms with Gasteiger partial charge >= 0.3 is 0 Å². The zero-order valence-electron chi connectivity index (χ0n) is 18.9. The van der Waals surface area contributed by atoms with Crippen LogP contribution in [0.25, 0.3) is 0 Å². The molecule has 38 heavy (non-hydrogen) atoms. The Hall–Kier alpha value is -1.01. The molecule has 3 aromatic rings. The lowest BCUT2D eigenvalue weighted by atomic mass is 10.2. The first kappa shape index (κ1) is 30.0. The van der Waals surface area contributed by atoms with Gasteiger partial charge in [0.1, 0.15) is 9.79 Å². The normalized spacial score (nSPS) is 19.3. The average molecular weight is 838 g/mol. The van der Waals surface area contributed by atoms with Crippen LogP contribution in [0.15, 0.2) is 88.3 Å². The van der Waals surface area contributed by atoms with Crippen molar-refractivity contribution in [2.75, 3.05) is 20.5 Å². The lowest BCUT2D eigenvalue weighted by Gasteiger charge is -2.32. The molecule has 3 aromatic carbocycles. The number of anilines is 2. The summed E-state index contributed by atoms with van der Waals surface area (Å²) < 4.78 is 83.1. The molecule has 0 aromatic heterocycles. The van der Waals surface area contributed by atoms with Crippen molar-refractivity contribution < 1.29 is 30.4 Å². The number of hydrogen-bond donors (Lipinski definition) is 2. The maximum atomic E-state index is 13.9. The minimum absolute atomic E-state index is 0.0149. The van der Waals surface area contributed by atoms with Gasteiger partial charge in [0, 0.05) is 23.6 Å². The minimum atomic E-state index is -4.39. The van der Waals surface area contributed by atoms with Crippen molar-refractivity contribution in [2.24, 2.45) is 0 Å². The molecule has 16 heteroatoms. The molecule has 0 bridgehead atoms. The highest BCUT2D eigenvalue weighted by molar-refractivity contribution is 9.11. The SMILES string of the molecule is O=S1(=O)C[C@@H](N(c2ccc(NS(=O)(=O)c3cc(Br)ccc3Br)cc2)S(=O)(=O)c2cc(Br)ccc2Br)[C@@H](O)C1. The molecule has 1 aliphatic rings. The number of aliphatic hydroxyl groups excluding tert-OH is 1. The fraction of sp³-hybridized carbons (Fsp3) is 0.182. The summed E-state index contributed by atoms with van der Waals surface area (Å²) in [6.45, 7) is 0. The van der Waals surface area contributed by atoms with Gasteiger partial charge in [-0.3, -0.25) is 9.03 Å². The quantitative estimate of drug-likeness (QED) is 0.346. The topological polar surface area (TPSA) is 138 Å². The van der Waals surface area contributed by atoms with Crippen LogP contribution < -0.4 is 9.03 Å². The van der Waals surface area contributed by atoms with E-state index in [1.54, 1.807) is 18.2 Å². The fourth-order valence-corrected chi connectivity index (χ4v) is 11.5. The second-order valence-electron chi connectivity index (χ2n) is 8.31. The number of benzene rings is 3. The highest BCUT2D eigenvalue weighted by Gasteiger charge is 2.45. The number of halogens is 4. The van der Waals surface area contributed by atoms with Crippen molar-refractivity contribution in [3.05, 3.63) is 78.6 Å². The van der Waals surface area contributed by atoms with Gasteiger partial charge in [0.25, 0.3) is 20.0 Å². The summed E-state index contributed by atoms with van der Waals surface area (Å²) in [6.07, 6.45) is -1.47. The van der Waals surface area contributed by atoms with E-state index < -0.39 is 53.5 Å². The molecule has 1 fully saturated rings. The Morgan fingerprint density at radius 3 is 1.84 bits per heavy atom. The van der Waals surface area contributed by atoms with E-state index in [-0.39, 0.29) is 25.6 Å². The number of hydrogen-bond acceptors (Lipinski definition) is 7. The molecule has 0 saturated carbocycles. The Bertz CT molecular complexity index is 1720. The van der Waals surface area contributed by atoms with Crippen molar-refractivity contribution in [1.29, 1.82) is 0 Å². The van der Waals surface area contributed by atoms with Crippen LogP contribution in [-0.2, 0) is 29.9 Å². The lowest BCUT2D eigenvalue weighted by Crippen LogP contribution is -2.47. The van der Waals surface area contributed by atoms with Gasteiger partial charge in [0.15, 0.2) is 9.84 Å². The van der Waals surface area contributed by atoms with Gasteiger partial charge in [0.05, 0.1) is 29.3 Å². The van der Waals surface area contributed by atoms with Crippen molar-refractivity contribution in [3.8, 4) is 0 Å². The smallest absolute Gasteiger partial charge is 0.265 e. The summed E-state index contributed by atoms with van der Waals surface area (Å²) in [7, 11) is -12.1. The molecule has 2 atom stereocenters. The maximum absolute atomic E-state index is 13.9. The second kappa shape index (κ2) is 11.1. The predicted molar refractivity (Wildman–Crippen MR) is 159 cm³/mol. The monoisotopic (exact) mass is 834 g/mol. The van der Waals surface area contributed by atoms with Crippen LogP contribution >= 0.6 is 63.7 Å². The molecule has 9 nitrogen and oxygen atoms in total. The Morgan fingerprint density at radius 2 is 1.32 bits per heavy atom. The van der Waals surface area contributed by atoms with Crippen LogP contribution in [0.1, 0.15) is 0 Å². The Balaban J connectivity index is 1.76. The number of aliphatic hydroxyl groups is 1. The number of sulfone groups is 1. The van der Waals surface area contributed by atoms with E-state index in [2.05, 4.69) is 68.4 Å². The van der Waals surface area contributed by atoms with Crippen molar-refractivity contribution >= 4 is 105 Å². The molecule has 2 N–H and O–H groups in total. The highest BCUT2D eigenvalue weighted by atomic mass is 79.9. The highest BCUT2D eigenvalue weighted by Crippen LogP contribution is 2.36. The zero-order valence-corrected chi connectivity index (χ0v) is 27.7. The molecule has 0 amide bonds. The molecule has 1 heterocycles. The third kappa shape index (κ3) is 6.32. The van der Waals surface area contributed by atoms with Gasteiger partial charge in [-0.1, -0.05) is 31.9 Å². The molecule has 0 spiro atoms. The maximum Gasteiger partial charge on any atom is 0.265 e. The largest absolute Gasteiger partial charge is 0.390 e. The molecule has 1 aliphatic heterocycles. The third-order valence-electron chi connectivity index (χ3n) is 5.58. The molecule has 4 rings (SSSR count). The van der Waals surface area contributed by atoms with Crippen molar-refractivity contribution in [2.45, 2.75) is 21.9 Å². The molecular formula is C22H18Br4N2O7S3. The van der Waals surface area contributed by atoms with Gasteiger partial charge in [0.2, 0.25) is 0 Å². The number of nitrogens with zero attached hydrogens (tertiary/aromatic N) is 1. The third-order valence-corrected chi connectivity index (χ3v) is 13.5. The molecule has 0 aliphatic carbocycles. The first-order valence-electron chi connectivity index (χ1n) is 10.6. The summed E-state index contributed by atoms with van der Waals surface area (Å²) in [5, 5.41) is 10.6. The lowest BCUT2D eigenvalue weighted by molar-refractivity contribution is 0.184. The van der Waals surface area contributed by atoms with Crippen LogP contribution in [0, 0.1) is 0 Å². The molecule has 204 valence electrons. The zero-order chi connectivity index (χ0) is 28.0. The van der Waals surface area contributed by atoms with Crippen LogP contribution in [0.3, 0.4) is 0 Å². The van der Waals surface area contributed by atoms with E-state index >= 15 is 0 Å². The number of nitrogens with one attached hydrogen (secondary N) is 1. The predicted octanol–water partition coefficient (Wildman–Crippen LogP) is 4.89. The van der Waals surface area contributed by atoms with E-state index in [9.17, 15) is 30.4 Å². The van der Waals surface area contributed by atoms with Crippen molar-refractivity contribution in [1.82, 2.24) is 0 Å². The van der Waals surface area contributed by atoms with Gasteiger partial charge in [-0.05, 0) is 92.5 Å². The summed E-state index contributed by atoms with van der Waals surface area (Å²) in [4.78, 5) is -0.161. The standard InChI is InChI=1S/C22H18Br4N2O7S3/c23-13-1-7-17(25)21(9-13)37(32,33)27-15-3-5-16(6-4-15)28(19-11-36(30,31)12-20(19)29)38(34,35)22-10-14(24)2-8-18(22)26/h1-10,19-20,27,29H,11-12H2/t19-,20+/m1/s1. The summed E-state index contributed by atoms with van der Waals surface area (Å²) in [5.74, 6) is -1.16. The number of rotatable bonds is 7. The van der Waals surface area contributed by atoms with E-state index in [0.717, 1.165) is 4.31 Å². The van der Waals surface area contributed by atoms with Gasteiger partial charge in [-0.25, -0.2) is 25.3 Å². The molecular weight excluding hydrogens is 820 g/mol. The Morgan fingerprint density at radius 1 is 0.789 bits per heavy atom.